The molecule has 0 saturated carbocycles. The number of aromatic nitrogens is 5. The molecule has 1 aliphatic rings. The van der Waals surface area contributed by atoms with Crippen LogP contribution in [0.5, 0.6) is 0 Å². The summed E-state index contributed by atoms with van der Waals surface area (Å²) in [7, 11) is 0. The van der Waals surface area contributed by atoms with Crippen molar-refractivity contribution in [2.24, 2.45) is 0 Å². The van der Waals surface area contributed by atoms with E-state index in [-0.39, 0.29) is 12.2 Å². The fourth-order valence-corrected chi connectivity index (χ4v) is 2.41. The molecule has 3 rings (SSSR count). The highest BCUT2D eigenvalue weighted by Gasteiger charge is 2.17. The van der Waals surface area contributed by atoms with Crippen molar-refractivity contribution >= 4 is 5.82 Å². The molecule has 19 heavy (non-hydrogen) atoms. The number of fused-ring (bicyclic) bond motifs is 1. The molecule has 0 saturated heterocycles. The number of nitrogens with two attached hydrogens (primary N) is 1. The van der Waals surface area contributed by atoms with Gasteiger partial charge < -0.3 is 5.73 Å². The molecule has 0 fully saturated rings. The first-order valence-corrected chi connectivity index (χ1v) is 6.40. The molecule has 0 amide bonds. The predicted molar refractivity (Wildman–Crippen MR) is 69.7 cm³/mol. The Balaban J connectivity index is 1.95. The summed E-state index contributed by atoms with van der Waals surface area (Å²) in [5.41, 5.74) is 6.39. The summed E-state index contributed by atoms with van der Waals surface area (Å²) in [4.78, 5) is 20.6. The Kier molecular flexibility index (Phi) is 2.81. The highest BCUT2D eigenvalue weighted by molar-refractivity contribution is 5.29. The molecular weight excluding hydrogens is 244 g/mol. The van der Waals surface area contributed by atoms with Crippen LogP contribution >= 0.6 is 0 Å². The van der Waals surface area contributed by atoms with Crippen LogP contribution < -0.4 is 11.4 Å². The van der Waals surface area contributed by atoms with Gasteiger partial charge in [0.1, 0.15) is 18.2 Å². The van der Waals surface area contributed by atoms with E-state index < -0.39 is 0 Å². The van der Waals surface area contributed by atoms with Crippen molar-refractivity contribution in [3.8, 4) is 0 Å². The van der Waals surface area contributed by atoms with Crippen molar-refractivity contribution in [2.45, 2.75) is 39.3 Å². The van der Waals surface area contributed by atoms with E-state index in [0.717, 1.165) is 37.3 Å². The van der Waals surface area contributed by atoms with E-state index in [0.29, 0.717) is 11.6 Å². The van der Waals surface area contributed by atoms with E-state index >= 15 is 0 Å². The molecule has 0 unspecified atom stereocenters. The van der Waals surface area contributed by atoms with Crippen LogP contribution in [0.4, 0.5) is 5.82 Å². The molecule has 0 bridgehead atoms. The van der Waals surface area contributed by atoms with Gasteiger partial charge in [0.25, 0.3) is 0 Å². The monoisotopic (exact) mass is 260 g/mol. The Morgan fingerprint density at radius 3 is 2.95 bits per heavy atom. The van der Waals surface area contributed by atoms with Crippen molar-refractivity contribution in [2.75, 3.05) is 5.73 Å². The summed E-state index contributed by atoms with van der Waals surface area (Å²) in [6, 6.07) is 1.70. The fraction of sp³-hybridized carbons (Fsp3) is 0.500. The number of hydrogen-bond acceptors (Lipinski definition) is 5. The number of nitrogens with zero attached hydrogens (tertiary/aromatic N) is 5. The number of rotatable bonds is 2. The smallest absolute Gasteiger partial charge is 0.346 e. The van der Waals surface area contributed by atoms with Crippen LogP contribution in [0.15, 0.2) is 10.9 Å². The van der Waals surface area contributed by atoms with E-state index in [1.54, 1.807) is 10.6 Å². The highest BCUT2D eigenvalue weighted by atomic mass is 16.2. The van der Waals surface area contributed by atoms with Gasteiger partial charge in [-0.05, 0) is 19.8 Å². The third kappa shape index (κ3) is 2.23. The summed E-state index contributed by atoms with van der Waals surface area (Å²) in [6.07, 6.45) is 2.98. The molecule has 0 radical (unpaired) electrons. The van der Waals surface area contributed by atoms with E-state index in [2.05, 4.69) is 15.1 Å². The zero-order valence-electron chi connectivity index (χ0n) is 10.8. The second-order valence-corrected chi connectivity index (χ2v) is 4.82. The molecule has 7 nitrogen and oxygen atoms in total. The van der Waals surface area contributed by atoms with Crippen molar-refractivity contribution in [1.82, 2.24) is 24.3 Å². The summed E-state index contributed by atoms with van der Waals surface area (Å²) < 4.78 is 3.16. The first-order chi connectivity index (χ1) is 9.13. The Hall–Kier alpha value is -2.18. The van der Waals surface area contributed by atoms with Gasteiger partial charge in [0.15, 0.2) is 5.82 Å². The van der Waals surface area contributed by atoms with Crippen LogP contribution in [0.3, 0.4) is 0 Å². The third-order valence-electron chi connectivity index (χ3n) is 3.24. The summed E-state index contributed by atoms with van der Waals surface area (Å²) in [5, 5.41) is 4.35. The van der Waals surface area contributed by atoms with Gasteiger partial charge in [-0.2, -0.15) is 5.10 Å². The lowest BCUT2D eigenvalue weighted by atomic mass is 10.2. The predicted octanol–water partition coefficient (Wildman–Crippen LogP) is 0.110. The maximum absolute atomic E-state index is 12.2. The van der Waals surface area contributed by atoms with Gasteiger partial charge in [-0.1, -0.05) is 0 Å². The van der Waals surface area contributed by atoms with Crippen molar-refractivity contribution in [1.29, 1.82) is 0 Å². The van der Waals surface area contributed by atoms with Crippen LogP contribution in [0.1, 0.15) is 30.2 Å². The van der Waals surface area contributed by atoms with Crippen LogP contribution in [0.2, 0.25) is 0 Å². The van der Waals surface area contributed by atoms with E-state index in [1.165, 1.54) is 4.68 Å². The summed E-state index contributed by atoms with van der Waals surface area (Å²) in [6.45, 7) is 2.87. The Bertz CT molecular complexity index is 651. The van der Waals surface area contributed by atoms with Gasteiger partial charge in [0.05, 0.1) is 0 Å². The number of hydrogen-bond donors (Lipinski definition) is 1. The van der Waals surface area contributed by atoms with Gasteiger partial charge in [0, 0.05) is 24.7 Å². The lowest BCUT2D eigenvalue weighted by Crippen LogP contribution is -2.27. The van der Waals surface area contributed by atoms with Crippen molar-refractivity contribution in [3.05, 3.63) is 33.9 Å². The van der Waals surface area contributed by atoms with Gasteiger partial charge in [-0.25, -0.2) is 19.4 Å². The Labute approximate surface area is 110 Å². The van der Waals surface area contributed by atoms with Crippen molar-refractivity contribution in [3.63, 3.8) is 0 Å². The third-order valence-corrected chi connectivity index (χ3v) is 3.24. The second-order valence-electron chi connectivity index (χ2n) is 4.82. The normalized spacial score (nSPS) is 14.4. The molecule has 0 atom stereocenters. The van der Waals surface area contributed by atoms with Gasteiger partial charge in [-0.15, -0.1) is 0 Å². The van der Waals surface area contributed by atoms with Gasteiger partial charge >= 0.3 is 5.69 Å². The molecule has 2 aromatic rings. The molecular formula is C12H16N6O. The molecule has 3 heterocycles. The fourth-order valence-electron chi connectivity index (χ4n) is 2.41. The van der Waals surface area contributed by atoms with E-state index in [1.807, 2.05) is 6.92 Å². The van der Waals surface area contributed by atoms with Crippen LogP contribution in [0, 0.1) is 6.92 Å². The highest BCUT2D eigenvalue weighted by Crippen LogP contribution is 2.10. The lowest BCUT2D eigenvalue weighted by molar-refractivity contribution is 0.511. The molecule has 0 aromatic carbocycles. The largest absolute Gasteiger partial charge is 0.384 e. The average Bonchev–Trinajstić information content (AvgIpc) is 2.66. The topological polar surface area (TPSA) is 91.6 Å². The second kappa shape index (κ2) is 4.49. The minimum absolute atomic E-state index is 0.0848. The van der Waals surface area contributed by atoms with E-state index in [4.69, 9.17) is 5.73 Å². The zero-order chi connectivity index (χ0) is 13.4. The molecule has 2 N–H and O–H groups in total. The maximum atomic E-state index is 12.2. The first-order valence-electron chi connectivity index (χ1n) is 6.40. The molecule has 0 aliphatic carbocycles. The Morgan fingerprint density at radius 2 is 2.21 bits per heavy atom. The van der Waals surface area contributed by atoms with Gasteiger partial charge in [-0.3, -0.25) is 4.57 Å². The molecule has 100 valence electrons. The Morgan fingerprint density at radius 1 is 1.37 bits per heavy atom. The zero-order valence-corrected chi connectivity index (χ0v) is 10.8. The molecule has 1 aliphatic heterocycles. The SMILES string of the molecule is Cc1cc(N)nc(Cn2nc3n(c2=O)CCCC3)n1. The quantitative estimate of drug-likeness (QED) is 0.827. The standard InChI is InChI=1S/C12H16N6O/c1-8-6-9(13)15-10(14-8)7-18-12(19)17-5-3-2-4-11(17)16-18/h6H,2-5,7H2,1H3,(H2,13,14,15). The first kappa shape index (κ1) is 11.9. The lowest BCUT2D eigenvalue weighted by Gasteiger charge is -2.09. The number of anilines is 1. The minimum Gasteiger partial charge on any atom is -0.384 e. The average molecular weight is 260 g/mol. The maximum Gasteiger partial charge on any atom is 0.346 e. The van der Waals surface area contributed by atoms with Gasteiger partial charge in [0.2, 0.25) is 0 Å². The summed E-state index contributed by atoms with van der Waals surface area (Å²) in [5.74, 6) is 1.80. The van der Waals surface area contributed by atoms with Crippen LogP contribution in [0.25, 0.3) is 0 Å². The number of nitrogen functional groups attached to an aromatic ring is 1. The van der Waals surface area contributed by atoms with Crippen LogP contribution in [-0.4, -0.2) is 24.3 Å². The molecule has 0 spiro atoms. The molecule has 7 heteroatoms. The van der Waals surface area contributed by atoms with E-state index in [9.17, 15) is 4.79 Å². The van der Waals surface area contributed by atoms with Crippen molar-refractivity contribution < 1.29 is 0 Å². The number of aryl methyl sites for hydroxylation is 2. The minimum atomic E-state index is -0.0848. The molecule has 2 aromatic heterocycles. The summed E-state index contributed by atoms with van der Waals surface area (Å²) >= 11 is 0. The van der Waals surface area contributed by atoms with Crippen LogP contribution in [-0.2, 0) is 19.5 Å².